The molecule has 6 nitrogen and oxygen atoms in total. The lowest BCUT2D eigenvalue weighted by molar-refractivity contribution is 0.0697. The van der Waals surface area contributed by atoms with Crippen molar-refractivity contribution in [1.82, 2.24) is 9.78 Å². The number of halogens is 2. The highest BCUT2D eigenvalue weighted by Crippen LogP contribution is 2.21. The van der Waals surface area contributed by atoms with E-state index in [2.05, 4.69) is 10.4 Å². The number of benzene rings is 1. The molecule has 0 aliphatic carbocycles. The number of aromatic carboxylic acids is 1. The molecular weight excluding hydrogens is 284 g/mol. The molecule has 0 aliphatic rings. The highest BCUT2D eigenvalue weighted by molar-refractivity contribution is 6.08. The van der Waals surface area contributed by atoms with Gasteiger partial charge in [-0.25, -0.2) is 13.6 Å². The molecular formula is C13H11F2N3O3. The summed E-state index contributed by atoms with van der Waals surface area (Å²) in [5.41, 5.74) is -0.107. The molecule has 2 aromatic rings. The number of carbonyl (C=O) groups is 2. The Morgan fingerprint density at radius 3 is 2.38 bits per heavy atom. The Bertz CT molecular complexity index is 741. The zero-order valence-corrected chi connectivity index (χ0v) is 11.1. The van der Waals surface area contributed by atoms with Crippen LogP contribution < -0.4 is 5.32 Å². The lowest BCUT2D eigenvalue weighted by atomic mass is 10.1. The third kappa shape index (κ3) is 2.73. The van der Waals surface area contributed by atoms with Crippen LogP contribution >= 0.6 is 0 Å². The smallest absolute Gasteiger partial charge is 0.337 e. The van der Waals surface area contributed by atoms with Crippen molar-refractivity contribution >= 4 is 17.6 Å². The number of rotatable bonds is 3. The predicted molar refractivity (Wildman–Crippen MR) is 69.2 cm³/mol. The van der Waals surface area contributed by atoms with Crippen LogP contribution in [-0.2, 0) is 7.05 Å². The SMILES string of the molecule is Cc1c(C(=O)Nc2cc(F)c(F)cc2C(=O)O)cnn1C. The molecule has 1 heterocycles. The van der Waals surface area contributed by atoms with Gasteiger partial charge in [0.25, 0.3) is 5.91 Å². The van der Waals surface area contributed by atoms with Gasteiger partial charge in [-0.2, -0.15) is 5.10 Å². The maximum Gasteiger partial charge on any atom is 0.337 e. The molecule has 2 rings (SSSR count). The van der Waals surface area contributed by atoms with Gasteiger partial charge in [-0.3, -0.25) is 9.48 Å². The fourth-order valence-electron chi connectivity index (χ4n) is 1.74. The van der Waals surface area contributed by atoms with Gasteiger partial charge >= 0.3 is 5.97 Å². The van der Waals surface area contributed by atoms with E-state index in [1.807, 2.05) is 0 Å². The molecule has 1 aromatic carbocycles. The molecule has 0 aliphatic heterocycles. The van der Waals surface area contributed by atoms with Crippen LogP contribution in [0, 0.1) is 18.6 Å². The Kier molecular flexibility index (Phi) is 3.70. The highest BCUT2D eigenvalue weighted by atomic mass is 19.2. The zero-order chi connectivity index (χ0) is 15.7. The largest absolute Gasteiger partial charge is 0.478 e. The van der Waals surface area contributed by atoms with E-state index in [1.54, 1.807) is 14.0 Å². The van der Waals surface area contributed by atoms with Gasteiger partial charge in [-0.05, 0) is 13.0 Å². The number of carbonyl (C=O) groups excluding carboxylic acids is 1. The number of nitrogens with zero attached hydrogens (tertiary/aromatic N) is 2. The Hall–Kier alpha value is -2.77. The van der Waals surface area contributed by atoms with Gasteiger partial charge in [0.1, 0.15) is 0 Å². The number of anilines is 1. The Balaban J connectivity index is 2.39. The highest BCUT2D eigenvalue weighted by Gasteiger charge is 2.19. The van der Waals surface area contributed by atoms with Crippen LogP contribution in [0.2, 0.25) is 0 Å². The number of aromatic nitrogens is 2. The third-order valence-electron chi connectivity index (χ3n) is 3.02. The van der Waals surface area contributed by atoms with Crippen LogP contribution in [0.3, 0.4) is 0 Å². The quantitative estimate of drug-likeness (QED) is 0.906. The van der Waals surface area contributed by atoms with E-state index < -0.39 is 29.1 Å². The second-order valence-electron chi connectivity index (χ2n) is 4.34. The summed E-state index contributed by atoms with van der Waals surface area (Å²) in [7, 11) is 1.63. The molecule has 110 valence electrons. The number of aryl methyl sites for hydroxylation is 1. The van der Waals surface area contributed by atoms with E-state index in [-0.39, 0.29) is 11.3 Å². The maximum atomic E-state index is 13.2. The molecule has 0 radical (unpaired) electrons. The Morgan fingerprint density at radius 2 is 1.86 bits per heavy atom. The minimum atomic E-state index is -1.48. The van der Waals surface area contributed by atoms with Crippen molar-refractivity contribution in [2.75, 3.05) is 5.32 Å². The molecule has 8 heteroatoms. The summed E-state index contributed by atoms with van der Waals surface area (Å²) in [6.45, 7) is 1.64. The minimum Gasteiger partial charge on any atom is -0.478 e. The summed E-state index contributed by atoms with van der Waals surface area (Å²) in [6.07, 6.45) is 1.30. The summed E-state index contributed by atoms with van der Waals surface area (Å²) >= 11 is 0. The summed E-state index contributed by atoms with van der Waals surface area (Å²) in [6, 6.07) is 1.14. The van der Waals surface area contributed by atoms with Crippen LogP contribution in [0.25, 0.3) is 0 Å². The Morgan fingerprint density at radius 1 is 1.24 bits per heavy atom. The number of hydrogen-bond acceptors (Lipinski definition) is 3. The number of nitrogens with one attached hydrogen (secondary N) is 1. The van der Waals surface area contributed by atoms with Crippen LogP contribution in [0.4, 0.5) is 14.5 Å². The average molecular weight is 295 g/mol. The number of carboxylic acid groups (broad SMARTS) is 1. The van der Waals surface area contributed by atoms with Gasteiger partial charge in [-0.1, -0.05) is 0 Å². The first-order valence-electron chi connectivity index (χ1n) is 5.83. The topological polar surface area (TPSA) is 84.2 Å². The van der Waals surface area contributed by atoms with Gasteiger partial charge in [0, 0.05) is 18.8 Å². The first-order valence-corrected chi connectivity index (χ1v) is 5.83. The van der Waals surface area contributed by atoms with Crippen molar-refractivity contribution in [3.63, 3.8) is 0 Å². The number of amides is 1. The lowest BCUT2D eigenvalue weighted by Crippen LogP contribution is -2.16. The van der Waals surface area contributed by atoms with Crippen LogP contribution in [0.5, 0.6) is 0 Å². The van der Waals surface area contributed by atoms with E-state index in [9.17, 15) is 18.4 Å². The van der Waals surface area contributed by atoms with Crippen molar-refractivity contribution in [3.05, 3.63) is 46.8 Å². The van der Waals surface area contributed by atoms with Crippen molar-refractivity contribution in [2.24, 2.45) is 7.05 Å². The van der Waals surface area contributed by atoms with E-state index in [0.29, 0.717) is 17.8 Å². The van der Waals surface area contributed by atoms with E-state index in [0.717, 1.165) is 0 Å². The van der Waals surface area contributed by atoms with Crippen molar-refractivity contribution < 1.29 is 23.5 Å². The molecule has 2 N–H and O–H groups in total. The number of hydrogen-bond donors (Lipinski definition) is 2. The van der Waals surface area contributed by atoms with Crippen molar-refractivity contribution in [1.29, 1.82) is 0 Å². The molecule has 21 heavy (non-hydrogen) atoms. The molecule has 0 unspecified atom stereocenters. The van der Waals surface area contributed by atoms with Gasteiger partial charge in [0.15, 0.2) is 11.6 Å². The molecule has 0 saturated heterocycles. The average Bonchev–Trinajstić information content (AvgIpc) is 2.73. The molecule has 0 spiro atoms. The lowest BCUT2D eigenvalue weighted by Gasteiger charge is -2.09. The maximum absolute atomic E-state index is 13.2. The molecule has 0 fully saturated rings. The van der Waals surface area contributed by atoms with E-state index in [4.69, 9.17) is 5.11 Å². The summed E-state index contributed by atoms with van der Waals surface area (Å²) in [4.78, 5) is 23.1. The molecule has 1 aromatic heterocycles. The molecule has 0 bridgehead atoms. The second kappa shape index (κ2) is 5.31. The van der Waals surface area contributed by atoms with Gasteiger partial charge < -0.3 is 10.4 Å². The second-order valence-corrected chi connectivity index (χ2v) is 4.34. The predicted octanol–water partition coefficient (Wildman–Crippen LogP) is 1.96. The first-order chi connectivity index (χ1) is 9.81. The summed E-state index contributed by atoms with van der Waals surface area (Å²) < 4.78 is 27.8. The van der Waals surface area contributed by atoms with Gasteiger partial charge in [0.2, 0.25) is 0 Å². The first kappa shape index (κ1) is 14.6. The molecule has 1 amide bonds. The normalized spacial score (nSPS) is 10.5. The van der Waals surface area contributed by atoms with Crippen LogP contribution in [-0.4, -0.2) is 26.8 Å². The van der Waals surface area contributed by atoms with Crippen LogP contribution in [0.1, 0.15) is 26.4 Å². The standard InChI is InChI=1S/C13H11F2N3O3/c1-6-8(5-16-18(6)2)12(19)17-11-4-10(15)9(14)3-7(11)13(20)21/h3-5H,1-2H3,(H,17,19)(H,20,21). The summed E-state index contributed by atoms with van der Waals surface area (Å²) in [5.74, 6) is -4.69. The molecule has 0 saturated carbocycles. The Labute approximate surface area is 118 Å². The van der Waals surface area contributed by atoms with Gasteiger partial charge in [0.05, 0.1) is 23.0 Å². The zero-order valence-electron chi connectivity index (χ0n) is 11.1. The van der Waals surface area contributed by atoms with Crippen molar-refractivity contribution in [2.45, 2.75) is 6.92 Å². The monoisotopic (exact) mass is 295 g/mol. The van der Waals surface area contributed by atoms with Gasteiger partial charge in [-0.15, -0.1) is 0 Å². The molecule has 0 atom stereocenters. The van der Waals surface area contributed by atoms with Crippen LogP contribution in [0.15, 0.2) is 18.3 Å². The third-order valence-corrected chi connectivity index (χ3v) is 3.02. The van der Waals surface area contributed by atoms with E-state index in [1.165, 1.54) is 10.9 Å². The summed E-state index contributed by atoms with van der Waals surface area (Å²) in [5, 5.41) is 15.1. The minimum absolute atomic E-state index is 0.207. The fraction of sp³-hybridized carbons (Fsp3) is 0.154. The number of carboxylic acids is 1. The fourth-order valence-corrected chi connectivity index (χ4v) is 1.74. The van der Waals surface area contributed by atoms with Crippen molar-refractivity contribution in [3.8, 4) is 0 Å². The van der Waals surface area contributed by atoms with E-state index >= 15 is 0 Å².